The minimum Gasteiger partial charge on any atom is -0.486 e. The van der Waals surface area contributed by atoms with Crippen molar-refractivity contribution in [3.63, 3.8) is 0 Å². The van der Waals surface area contributed by atoms with Crippen LogP contribution in [-0.2, 0) is 4.79 Å². The number of aromatic nitrogens is 1. The molecular formula is C17H14ClNO2. The summed E-state index contributed by atoms with van der Waals surface area (Å²) in [5.74, 6) is 0.650. The summed E-state index contributed by atoms with van der Waals surface area (Å²) in [5, 5.41) is 0.306. The fraction of sp³-hybridized carbons (Fsp3) is 0.176. The molecule has 0 saturated heterocycles. The first kappa shape index (κ1) is 13.8. The fourth-order valence-corrected chi connectivity index (χ4v) is 2.42. The normalized spacial score (nSPS) is 14.1. The monoisotopic (exact) mass is 299 g/mol. The van der Waals surface area contributed by atoms with E-state index in [1.165, 1.54) is 0 Å². The lowest BCUT2D eigenvalue weighted by Gasteiger charge is -2.09. The lowest BCUT2D eigenvalue weighted by atomic mass is 10.1. The minimum absolute atomic E-state index is 0.151. The molecule has 106 valence electrons. The molecule has 0 aliphatic heterocycles. The average molecular weight is 300 g/mol. The van der Waals surface area contributed by atoms with E-state index in [0.29, 0.717) is 17.3 Å². The number of allylic oxidation sites excluding steroid dienone is 1. The van der Waals surface area contributed by atoms with Crippen LogP contribution in [0.3, 0.4) is 0 Å². The summed E-state index contributed by atoms with van der Waals surface area (Å²) < 4.78 is 5.67. The largest absolute Gasteiger partial charge is 0.486 e. The standard InChI is InChI=1S/C17H14ClNO2/c18-17-16(21-11-13-7-4-8-15(13)20)9-14(10-19-17)12-5-2-1-3-6-12/h1-3,5-7,9-10H,4,8,11H2. The zero-order valence-corrected chi connectivity index (χ0v) is 12.1. The second kappa shape index (κ2) is 6.10. The Morgan fingerprint density at radius 1 is 1.19 bits per heavy atom. The van der Waals surface area contributed by atoms with Gasteiger partial charge in [0, 0.05) is 23.8 Å². The van der Waals surface area contributed by atoms with Crippen LogP contribution in [0.2, 0.25) is 5.15 Å². The van der Waals surface area contributed by atoms with Gasteiger partial charge >= 0.3 is 0 Å². The van der Waals surface area contributed by atoms with Crippen molar-refractivity contribution in [3.8, 4) is 16.9 Å². The number of carbonyl (C=O) groups is 1. The molecule has 0 N–H and O–H groups in total. The molecule has 0 unspecified atom stereocenters. The number of ketones is 1. The fourth-order valence-electron chi connectivity index (χ4n) is 2.26. The van der Waals surface area contributed by atoms with Gasteiger partial charge in [-0.15, -0.1) is 0 Å². The van der Waals surface area contributed by atoms with E-state index in [4.69, 9.17) is 16.3 Å². The summed E-state index contributed by atoms with van der Waals surface area (Å²) >= 11 is 6.07. The molecule has 0 bridgehead atoms. The molecule has 1 aromatic carbocycles. The topological polar surface area (TPSA) is 39.2 Å². The van der Waals surface area contributed by atoms with Gasteiger partial charge in [0.25, 0.3) is 0 Å². The molecule has 0 atom stereocenters. The molecule has 1 aliphatic carbocycles. The van der Waals surface area contributed by atoms with E-state index >= 15 is 0 Å². The molecular weight excluding hydrogens is 286 g/mol. The van der Waals surface area contributed by atoms with Crippen molar-refractivity contribution >= 4 is 17.4 Å². The van der Waals surface area contributed by atoms with Crippen LogP contribution in [0.4, 0.5) is 0 Å². The lowest BCUT2D eigenvalue weighted by molar-refractivity contribution is -0.115. The van der Waals surface area contributed by atoms with Crippen molar-refractivity contribution in [2.24, 2.45) is 0 Å². The van der Waals surface area contributed by atoms with Crippen molar-refractivity contribution in [3.05, 3.63) is 59.4 Å². The number of ether oxygens (including phenoxy) is 1. The first-order chi connectivity index (χ1) is 10.2. The summed E-state index contributed by atoms with van der Waals surface area (Å²) in [6.07, 6.45) is 5.01. The van der Waals surface area contributed by atoms with E-state index in [9.17, 15) is 4.79 Å². The number of hydrogen-bond donors (Lipinski definition) is 0. The highest BCUT2D eigenvalue weighted by atomic mass is 35.5. The summed E-state index contributed by atoms with van der Waals surface area (Å²) in [5.41, 5.74) is 2.69. The summed E-state index contributed by atoms with van der Waals surface area (Å²) in [6, 6.07) is 11.7. The number of Topliss-reactive ketones (excluding diaryl/α,β-unsaturated/α-hetero) is 1. The van der Waals surface area contributed by atoms with E-state index in [1.54, 1.807) is 6.20 Å². The minimum atomic E-state index is 0.151. The Morgan fingerprint density at radius 3 is 2.71 bits per heavy atom. The highest BCUT2D eigenvalue weighted by molar-refractivity contribution is 6.30. The number of nitrogens with zero attached hydrogens (tertiary/aromatic N) is 1. The SMILES string of the molecule is O=C1CCC=C1COc1cc(-c2ccccc2)cnc1Cl. The van der Waals surface area contributed by atoms with Crippen LogP contribution in [-0.4, -0.2) is 17.4 Å². The van der Waals surface area contributed by atoms with E-state index in [2.05, 4.69) is 4.98 Å². The highest BCUT2D eigenvalue weighted by Gasteiger charge is 2.16. The van der Waals surface area contributed by atoms with Gasteiger partial charge in [0.2, 0.25) is 0 Å². The van der Waals surface area contributed by atoms with E-state index in [1.807, 2.05) is 42.5 Å². The Bertz CT molecular complexity index is 695. The third-order valence-electron chi connectivity index (χ3n) is 3.42. The predicted octanol–water partition coefficient (Wildman–Crippen LogP) is 4.07. The number of rotatable bonds is 4. The average Bonchev–Trinajstić information content (AvgIpc) is 2.93. The quantitative estimate of drug-likeness (QED) is 0.799. The molecule has 1 aliphatic rings. The Kier molecular flexibility index (Phi) is 4.02. The van der Waals surface area contributed by atoms with Crippen molar-refractivity contribution in [1.29, 1.82) is 0 Å². The Labute approximate surface area is 128 Å². The zero-order valence-electron chi connectivity index (χ0n) is 11.4. The first-order valence-electron chi connectivity index (χ1n) is 6.80. The predicted molar refractivity (Wildman–Crippen MR) is 82.5 cm³/mol. The van der Waals surface area contributed by atoms with Crippen LogP contribution in [0.25, 0.3) is 11.1 Å². The third kappa shape index (κ3) is 3.14. The number of benzene rings is 1. The second-order valence-corrected chi connectivity index (χ2v) is 5.22. The number of hydrogen-bond acceptors (Lipinski definition) is 3. The van der Waals surface area contributed by atoms with Gasteiger partial charge in [-0.1, -0.05) is 48.0 Å². The van der Waals surface area contributed by atoms with Crippen LogP contribution < -0.4 is 4.74 Å². The molecule has 21 heavy (non-hydrogen) atoms. The Hall–Kier alpha value is -2.13. The van der Waals surface area contributed by atoms with Crippen molar-refractivity contribution in [2.45, 2.75) is 12.8 Å². The van der Waals surface area contributed by atoms with Crippen LogP contribution in [0.1, 0.15) is 12.8 Å². The molecule has 0 spiro atoms. The molecule has 0 radical (unpaired) electrons. The van der Waals surface area contributed by atoms with Crippen LogP contribution in [0.5, 0.6) is 5.75 Å². The van der Waals surface area contributed by atoms with Gasteiger partial charge in [-0.05, 0) is 18.1 Å². The summed E-state index contributed by atoms with van der Waals surface area (Å²) in [6.45, 7) is 0.248. The van der Waals surface area contributed by atoms with Crippen LogP contribution in [0.15, 0.2) is 54.2 Å². The van der Waals surface area contributed by atoms with E-state index < -0.39 is 0 Å². The zero-order chi connectivity index (χ0) is 14.7. The summed E-state index contributed by atoms with van der Waals surface area (Å²) in [4.78, 5) is 15.7. The van der Waals surface area contributed by atoms with Crippen molar-refractivity contribution in [1.82, 2.24) is 4.98 Å². The Morgan fingerprint density at radius 2 is 2.00 bits per heavy atom. The maximum Gasteiger partial charge on any atom is 0.171 e. The maximum atomic E-state index is 11.6. The number of carbonyl (C=O) groups excluding carboxylic acids is 1. The summed E-state index contributed by atoms with van der Waals surface area (Å²) in [7, 11) is 0. The molecule has 0 fully saturated rings. The maximum absolute atomic E-state index is 11.6. The molecule has 3 rings (SSSR count). The van der Waals surface area contributed by atoms with Crippen LogP contribution >= 0.6 is 11.6 Å². The van der Waals surface area contributed by atoms with E-state index in [0.717, 1.165) is 23.1 Å². The highest BCUT2D eigenvalue weighted by Crippen LogP contribution is 2.29. The molecule has 0 saturated carbocycles. The van der Waals surface area contributed by atoms with Gasteiger partial charge in [-0.3, -0.25) is 4.79 Å². The molecule has 0 amide bonds. The Balaban J connectivity index is 1.80. The third-order valence-corrected chi connectivity index (χ3v) is 3.70. The molecule has 4 heteroatoms. The van der Waals surface area contributed by atoms with E-state index in [-0.39, 0.29) is 12.4 Å². The van der Waals surface area contributed by atoms with Gasteiger partial charge in [-0.25, -0.2) is 4.98 Å². The van der Waals surface area contributed by atoms with Gasteiger partial charge < -0.3 is 4.74 Å². The van der Waals surface area contributed by atoms with Gasteiger partial charge in [0.05, 0.1) is 0 Å². The molecule has 2 aromatic rings. The molecule has 1 heterocycles. The van der Waals surface area contributed by atoms with Crippen LogP contribution in [0, 0.1) is 0 Å². The number of pyridine rings is 1. The van der Waals surface area contributed by atoms with Crippen molar-refractivity contribution in [2.75, 3.05) is 6.61 Å². The molecule has 3 nitrogen and oxygen atoms in total. The first-order valence-corrected chi connectivity index (χ1v) is 7.18. The molecule has 1 aromatic heterocycles. The smallest absolute Gasteiger partial charge is 0.171 e. The van der Waals surface area contributed by atoms with Gasteiger partial charge in [0.1, 0.15) is 6.61 Å². The van der Waals surface area contributed by atoms with Crippen molar-refractivity contribution < 1.29 is 9.53 Å². The number of halogens is 1. The van der Waals surface area contributed by atoms with Gasteiger partial charge in [0.15, 0.2) is 16.7 Å². The lowest BCUT2D eigenvalue weighted by Crippen LogP contribution is -2.07. The second-order valence-electron chi connectivity index (χ2n) is 4.86. The van der Waals surface area contributed by atoms with Gasteiger partial charge in [-0.2, -0.15) is 0 Å².